The van der Waals surface area contributed by atoms with Gasteiger partial charge in [0.2, 0.25) is 5.91 Å². The molecule has 2 aromatic heterocycles. The standard InChI is InChI=1S/C29H29FN2O3S2/c1-3-35-29(34)26-22-9-5-7-11-24(22)37-28(26)31-27(33)18(2)36-25-17-32(23-10-6-4-8-21(23)25)16-19-12-14-20(30)15-13-19/h4,6,8,10,12-15,17-18H,3,5,7,9,11,16H2,1-2H3,(H,31,33)/t18-/m1/s1. The third kappa shape index (κ3) is 5.45. The fourth-order valence-electron chi connectivity index (χ4n) is 4.75. The first-order valence-corrected chi connectivity index (χ1v) is 14.3. The van der Waals surface area contributed by atoms with E-state index in [0.717, 1.165) is 52.6 Å². The summed E-state index contributed by atoms with van der Waals surface area (Å²) in [5.74, 6) is -0.763. The number of anilines is 1. The van der Waals surface area contributed by atoms with Gasteiger partial charge >= 0.3 is 5.97 Å². The zero-order valence-corrected chi connectivity index (χ0v) is 22.5. The summed E-state index contributed by atoms with van der Waals surface area (Å²) in [6.45, 7) is 4.57. The van der Waals surface area contributed by atoms with Crippen molar-refractivity contribution < 1.29 is 18.7 Å². The highest BCUT2D eigenvalue weighted by Gasteiger charge is 2.28. The van der Waals surface area contributed by atoms with Gasteiger partial charge in [0.25, 0.3) is 0 Å². The Labute approximate surface area is 224 Å². The average Bonchev–Trinajstić information content (AvgIpc) is 3.43. The molecule has 0 saturated heterocycles. The Balaban J connectivity index is 1.37. The Kier molecular flexibility index (Phi) is 7.67. The minimum atomic E-state index is -0.390. The summed E-state index contributed by atoms with van der Waals surface area (Å²) >= 11 is 2.99. The number of carbonyl (C=O) groups excluding carboxylic acids is 2. The Bertz CT molecular complexity index is 1440. The average molecular weight is 537 g/mol. The van der Waals surface area contributed by atoms with Gasteiger partial charge in [-0.25, -0.2) is 9.18 Å². The van der Waals surface area contributed by atoms with Crippen LogP contribution in [-0.4, -0.2) is 28.3 Å². The molecule has 5 rings (SSSR count). The van der Waals surface area contributed by atoms with Crippen molar-refractivity contribution in [1.29, 1.82) is 0 Å². The molecular formula is C29H29FN2O3S2. The number of ether oxygens (including phenoxy) is 1. The molecule has 2 aromatic carbocycles. The molecule has 4 aromatic rings. The number of aromatic nitrogens is 1. The molecule has 0 radical (unpaired) electrons. The van der Waals surface area contributed by atoms with E-state index in [2.05, 4.69) is 28.2 Å². The summed E-state index contributed by atoms with van der Waals surface area (Å²) in [4.78, 5) is 28.2. The summed E-state index contributed by atoms with van der Waals surface area (Å²) < 4.78 is 20.8. The van der Waals surface area contributed by atoms with E-state index >= 15 is 0 Å². The number of hydrogen-bond acceptors (Lipinski definition) is 5. The van der Waals surface area contributed by atoms with Crippen molar-refractivity contribution in [3.8, 4) is 0 Å². The summed E-state index contributed by atoms with van der Waals surface area (Å²) in [7, 11) is 0. The predicted octanol–water partition coefficient (Wildman–Crippen LogP) is 7.07. The number of aryl methyl sites for hydroxylation is 1. The lowest BCUT2D eigenvalue weighted by Gasteiger charge is -2.13. The van der Waals surface area contributed by atoms with Gasteiger partial charge < -0.3 is 14.6 Å². The lowest BCUT2D eigenvalue weighted by atomic mass is 9.95. The normalized spacial score (nSPS) is 13.8. The summed E-state index contributed by atoms with van der Waals surface area (Å²) in [5, 5.41) is 4.31. The molecule has 0 aliphatic heterocycles. The number of nitrogens with one attached hydrogen (secondary N) is 1. The van der Waals surface area contributed by atoms with Crippen LogP contribution in [0.15, 0.2) is 59.6 Å². The van der Waals surface area contributed by atoms with Gasteiger partial charge in [0.1, 0.15) is 10.8 Å². The molecule has 8 heteroatoms. The van der Waals surface area contributed by atoms with Crippen LogP contribution in [0.25, 0.3) is 10.9 Å². The number of thiophene rings is 1. The molecular weight excluding hydrogens is 507 g/mol. The van der Waals surface area contributed by atoms with Gasteiger partial charge in [0, 0.05) is 33.4 Å². The lowest BCUT2D eigenvalue weighted by molar-refractivity contribution is -0.115. The molecule has 37 heavy (non-hydrogen) atoms. The van der Waals surface area contributed by atoms with Crippen molar-refractivity contribution in [3.05, 3.63) is 82.1 Å². The van der Waals surface area contributed by atoms with Crippen LogP contribution in [-0.2, 0) is 28.9 Å². The fourth-order valence-corrected chi connectivity index (χ4v) is 7.07. The topological polar surface area (TPSA) is 60.3 Å². The Morgan fingerprint density at radius 2 is 1.89 bits per heavy atom. The maximum absolute atomic E-state index is 13.4. The van der Waals surface area contributed by atoms with Crippen molar-refractivity contribution in [3.63, 3.8) is 0 Å². The second kappa shape index (κ2) is 11.1. The number of thioether (sulfide) groups is 1. The Hall–Kier alpha value is -3.10. The Morgan fingerprint density at radius 1 is 1.14 bits per heavy atom. The maximum Gasteiger partial charge on any atom is 0.341 e. The van der Waals surface area contributed by atoms with E-state index in [0.29, 0.717) is 23.7 Å². The van der Waals surface area contributed by atoms with E-state index in [4.69, 9.17) is 4.74 Å². The van der Waals surface area contributed by atoms with E-state index in [-0.39, 0.29) is 22.9 Å². The van der Waals surface area contributed by atoms with Crippen LogP contribution in [0.4, 0.5) is 9.39 Å². The number of nitrogens with zero attached hydrogens (tertiary/aromatic N) is 1. The molecule has 2 heterocycles. The van der Waals surface area contributed by atoms with Crippen molar-refractivity contribution in [2.75, 3.05) is 11.9 Å². The van der Waals surface area contributed by atoms with Crippen LogP contribution >= 0.6 is 23.1 Å². The zero-order valence-electron chi connectivity index (χ0n) is 20.9. The number of para-hydroxylation sites is 1. The first-order valence-electron chi connectivity index (χ1n) is 12.6. The number of carbonyl (C=O) groups is 2. The molecule has 0 fully saturated rings. The van der Waals surface area contributed by atoms with Gasteiger partial charge in [-0.05, 0) is 68.9 Å². The highest BCUT2D eigenvalue weighted by Crippen LogP contribution is 2.39. The smallest absolute Gasteiger partial charge is 0.341 e. The van der Waals surface area contributed by atoms with Crippen molar-refractivity contribution >= 4 is 50.9 Å². The van der Waals surface area contributed by atoms with Gasteiger partial charge in [-0.15, -0.1) is 23.1 Å². The van der Waals surface area contributed by atoms with Gasteiger partial charge in [0.05, 0.1) is 17.4 Å². The van der Waals surface area contributed by atoms with Crippen LogP contribution in [0.2, 0.25) is 0 Å². The first-order chi connectivity index (χ1) is 17.9. The van der Waals surface area contributed by atoms with Crippen LogP contribution in [0.1, 0.15) is 53.1 Å². The zero-order chi connectivity index (χ0) is 25.9. The number of esters is 1. The van der Waals surface area contributed by atoms with E-state index in [1.807, 2.05) is 19.1 Å². The second-order valence-corrected chi connectivity index (χ2v) is 11.6. The van der Waals surface area contributed by atoms with E-state index in [1.165, 1.54) is 40.1 Å². The number of fused-ring (bicyclic) bond motifs is 2. The molecule has 1 N–H and O–H groups in total. The largest absolute Gasteiger partial charge is 0.462 e. The molecule has 0 spiro atoms. The number of benzene rings is 2. The summed E-state index contributed by atoms with van der Waals surface area (Å²) in [6, 6.07) is 14.6. The molecule has 1 aliphatic carbocycles. The molecule has 0 saturated carbocycles. The van der Waals surface area contributed by atoms with Gasteiger partial charge in [0.15, 0.2) is 0 Å². The van der Waals surface area contributed by atoms with Crippen LogP contribution in [0.3, 0.4) is 0 Å². The molecule has 192 valence electrons. The fraction of sp³-hybridized carbons (Fsp3) is 0.310. The second-order valence-electron chi connectivity index (χ2n) is 9.15. The van der Waals surface area contributed by atoms with Crippen LogP contribution in [0, 0.1) is 5.82 Å². The lowest BCUT2D eigenvalue weighted by Crippen LogP contribution is -2.23. The van der Waals surface area contributed by atoms with Crippen molar-refractivity contribution in [2.24, 2.45) is 0 Å². The predicted molar refractivity (Wildman–Crippen MR) is 148 cm³/mol. The minimum absolute atomic E-state index is 0.149. The third-order valence-corrected chi connectivity index (χ3v) is 8.93. The molecule has 1 amide bonds. The molecule has 1 atom stereocenters. The van der Waals surface area contributed by atoms with Gasteiger partial charge in [-0.1, -0.05) is 30.3 Å². The highest BCUT2D eigenvalue weighted by molar-refractivity contribution is 8.00. The first kappa shape index (κ1) is 25.5. The Morgan fingerprint density at radius 3 is 2.68 bits per heavy atom. The monoisotopic (exact) mass is 536 g/mol. The van der Waals surface area contributed by atoms with Crippen molar-refractivity contribution in [2.45, 2.75) is 56.2 Å². The van der Waals surface area contributed by atoms with Gasteiger partial charge in [-0.2, -0.15) is 0 Å². The van der Waals surface area contributed by atoms with Crippen molar-refractivity contribution in [1.82, 2.24) is 4.57 Å². The molecule has 5 nitrogen and oxygen atoms in total. The van der Waals surface area contributed by atoms with E-state index < -0.39 is 0 Å². The maximum atomic E-state index is 13.4. The number of rotatable bonds is 8. The summed E-state index contributed by atoms with van der Waals surface area (Å²) in [6.07, 6.45) is 5.96. The molecule has 0 unspecified atom stereocenters. The number of hydrogen-bond donors (Lipinski definition) is 1. The minimum Gasteiger partial charge on any atom is -0.462 e. The SMILES string of the molecule is CCOC(=O)c1c(NC(=O)[C@@H](C)Sc2cn(Cc3ccc(F)cc3)c3ccccc23)sc2c1CCCC2. The van der Waals surface area contributed by atoms with Crippen LogP contribution < -0.4 is 5.32 Å². The quantitative estimate of drug-likeness (QED) is 0.193. The highest BCUT2D eigenvalue weighted by atomic mass is 32.2. The van der Waals surface area contributed by atoms with E-state index in [9.17, 15) is 14.0 Å². The molecule has 1 aliphatic rings. The van der Waals surface area contributed by atoms with Gasteiger partial charge in [-0.3, -0.25) is 4.79 Å². The van der Waals surface area contributed by atoms with E-state index in [1.54, 1.807) is 19.1 Å². The summed E-state index contributed by atoms with van der Waals surface area (Å²) in [5.41, 5.74) is 3.62. The molecule has 0 bridgehead atoms. The van der Waals surface area contributed by atoms with Crippen LogP contribution in [0.5, 0.6) is 0 Å². The number of halogens is 1. The number of amides is 1. The third-order valence-electron chi connectivity index (χ3n) is 6.58.